The van der Waals surface area contributed by atoms with Crippen LogP contribution in [0.15, 0.2) is 48.7 Å². The molecular weight excluding hydrogens is 460 g/mol. The van der Waals surface area contributed by atoms with E-state index in [0.29, 0.717) is 16.8 Å². The van der Waals surface area contributed by atoms with Gasteiger partial charge in [-0.2, -0.15) is 8.78 Å². The second-order valence-electron chi connectivity index (χ2n) is 6.68. The number of halogens is 3. The number of aromatic nitrogens is 1. The number of benzene rings is 2. The van der Waals surface area contributed by atoms with Crippen molar-refractivity contribution in [2.75, 3.05) is 16.0 Å². The fourth-order valence-corrected chi connectivity index (χ4v) is 3.20. The Morgan fingerprint density at radius 1 is 1.03 bits per heavy atom. The van der Waals surface area contributed by atoms with E-state index in [0.717, 1.165) is 0 Å². The molecule has 9 nitrogen and oxygen atoms in total. The van der Waals surface area contributed by atoms with Gasteiger partial charge in [0.15, 0.2) is 0 Å². The third-order valence-electron chi connectivity index (χ3n) is 4.29. The van der Waals surface area contributed by atoms with Crippen molar-refractivity contribution in [3.05, 3.63) is 59.2 Å². The van der Waals surface area contributed by atoms with Gasteiger partial charge in [0.2, 0.25) is 5.91 Å². The van der Waals surface area contributed by atoms with Crippen LogP contribution in [0.3, 0.4) is 0 Å². The van der Waals surface area contributed by atoms with Gasteiger partial charge >= 0.3 is 12.6 Å². The fraction of sp³-hybridized carbons (Fsp3) is 0.0952. The zero-order valence-corrected chi connectivity index (χ0v) is 17.8. The van der Waals surface area contributed by atoms with Crippen molar-refractivity contribution in [3.63, 3.8) is 0 Å². The summed E-state index contributed by atoms with van der Waals surface area (Å²) in [6.07, 6.45) is 1.53. The summed E-state index contributed by atoms with van der Waals surface area (Å²) in [5.41, 5.74) is 7.36. The number of nitrogens with one attached hydrogen (secondary N) is 4. The van der Waals surface area contributed by atoms with Crippen LogP contribution in [0.2, 0.25) is 5.02 Å². The number of hydrogen-bond acceptors (Lipinski definition) is 4. The summed E-state index contributed by atoms with van der Waals surface area (Å²) >= 11 is 5.87. The molecule has 6 N–H and O–H groups in total. The maximum Gasteiger partial charge on any atom is 0.387 e. The second kappa shape index (κ2) is 10.0. The van der Waals surface area contributed by atoms with Crippen molar-refractivity contribution in [2.45, 2.75) is 13.5 Å². The Kier molecular flexibility index (Phi) is 7.13. The molecule has 0 bridgehead atoms. The number of nitrogens with two attached hydrogens (primary N) is 1. The molecule has 33 heavy (non-hydrogen) atoms. The third kappa shape index (κ3) is 5.98. The van der Waals surface area contributed by atoms with E-state index in [1.54, 1.807) is 24.3 Å². The molecule has 1 aromatic heterocycles. The lowest BCUT2D eigenvalue weighted by atomic mass is 10.0. The first-order valence-corrected chi connectivity index (χ1v) is 9.73. The number of anilines is 3. The largest absolute Gasteiger partial charge is 0.433 e. The van der Waals surface area contributed by atoms with Crippen LogP contribution >= 0.6 is 11.6 Å². The number of carbonyl (C=O) groups is 3. The van der Waals surface area contributed by atoms with Crippen LogP contribution in [0.4, 0.5) is 30.8 Å². The summed E-state index contributed by atoms with van der Waals surface area (Å²) in [5, 5.41) is 7.54. The number of hydrogen-bond donors (Lipinski definition) is 5. The lowest BCUT2D eigenvalue weighted by molar-refractivity contribution is -0.114. The predicted octanol–water partition coefficient (Wildman–Crippen LogP) is 4.64. The van der Waals surface area contributed by atoms with Crippen LogP contribution in [-0.4, -0.2) is 29.4 Å². The van der Waals surface area contributed by atoms with E-state index in [1.807, 2.05) is 0 Å². The Labute approximate surface area is 191 Å². The van der Waals surface area contributed by atoms with Crippen molar-refractivity contribution in [1.29, 1.82) is 0 Å². The van der Waals surface area contributed by atoms with Crippen molar-refractivity contribution in [2.24, 2.45) is 5.73 Å². The summed E-state index contributed by atoms with van der Waals surface area (Å²) in [7, 11) is 0. The molecule has 0 aliphatic heterocycles. The SMILES string of the molecule is CC(=O)Nc1[nH]cc(-c2ccc(NC(=O)Nc3ccc(OC(F)F)c(Cl)c3)cc2)c1C(N)=O. The van der Waals surface area contributed by atoms with E-state index >= 15 is 0 Å². The van der Waals surface area contributed by atoms with Gasteiger partial charge < -0.3 is 31.4 Å². The predicted molar refractivity (Wildman–Crippen MR) is 120 cm³/mol. The lowest BCUT2D eigenvalue weighted by Crippen LogP contribution is -2.19. The van der Waals surface area contributed by atoms with Gasteiger partial charge in [-0.15, -0.1) is 0 Å². The molecule has 0 spiro atoms. The Bertz CT molecular complexity index is 1200. The van der Waals surface area contributed by atoms with Gasteiger partial charge in [-0.25, -0.2) is 4.79 Å². The fourth-order valence-electron chi connectivity index (χ4n) is 2.98. The molecular formula is C21H18ClF2N5O4. The maximum atomic E-state index is 12.3. The molecule has 4 amide bonds. The van der Waals surface area contributed by atoms with Crippen molar-refractivity contribution in [1.82, 2.24) is 4.98 Å². The van der Waals surface area contributed by atoms with Gasteiger partial charge in [0.25, 0.3) is 5.91 Å². The zero-order valence-electron chi connectivity index (χ0n) is 17.0. The Morgan fingerprint density at radius 2 is 1.67 bits per heavy atom. The van der Waals surface area contributed by atoms with Crippen molar-refractivity contribution >= 4 is 46.6 Å². The number of ether oxygens (including phenoxy) is 1. The number of alkyl halides is 2. The minimum atomic E-state index is -3.02. The van der Waals surface area contributed by atoms with E-state index in [-0.39, 0.29) is 33.7 Å². The van der Waals surface area contributed by atoms with Gasteiger partial charge in [-0.3, -0.25) is 9.59 Å². The lowest BCUT2D eigenvalue weighted by Gasteiger charge is -2.11. The normalized spacial score (nSPS) is 10.6. The smallest absolute Gasteiger partial charge is 0.387 e. The van der Waals surface area contributed by atoms with Crippen LogP contribution in [0.25, 0.3) is 11.1 Å². The first-order valence-electron chi connectivity index (χ1n) is 9.35. The molecule has 12 heteroatoms. The first-order chi connectivity index (χ1) is 15.6. The molecule has 1 heterocycles. The van der Waals surface area contributed by atoms with E-state index in [2.05, 4.69) is 25.7 Å². The highest BCUT2D eigenvalue weighted by Gasteiger charge is 2.18. The molecule has 172 valence electrons. The van der Waals surface area contributed by atoms with Gasteiger partial charge in [0.05, 0.1) is 10.6 Å². The Morgan fingerprint density at radius 3 is 2.24 bits per heavy atom. The molecule has 3 rings (SSSR count). The summed E-state index contributed by atoms with van der Waals surface area (Å²) in [6, 6.07) is 9.72. The highest BCUT2D eigenvalue weighted by molar-refractivity contribution is 6.32. The van der Waals surface area contributed by atoms with E-state index in [9.17, 15) is 23.2 Å². The molecule has 0 aliphatic carbocycles. The molecule has 0 radical (unpaired) electrons. The topological polar surface area (TPSA) is 138 Å². The number of aromatic amines is 1. The van der Waals surface area contributed by atoms with Crippen LogP contribution in [0, 0.1) is 0 Å². The molecule has 2 aromatic carbocycles. The number of rotatable bonds is 7. The highest BCUT2D eigenvalue weighted by atomic mass is 35.5. The Hall–Kier alpha value is -4.12. The molecule has 0 unspecified atom stereocenters. The Balaban J connectivity index is 1.69. The number of primary amides is 1. The molecule has 3 aromatic rings. The van der Waals surface area contributed by atoms with Gasteiger partial charge in [0.1, 0.15) is 11.6 Å². The van der Waals surface area contributed by atoms with E-state index in [1.165, 1.54) is 31.3 Å². The molecule has 0 saturated heterocycles. The number of amides is 4. The minimum Gasteiger partial charge on any atom is -0.433 e. The summed E-state index contributed by atoms with van der Waals surface area (Å²) in [4.78, 5) is 38.2. The standard InChI is InChI=1S/C21H18ClF2N5O4/c1-10(30)27-19-17(18(25)31)14(9-26-19)11-2-4-12(5-3-11)28-21(32)29-13-6-7-16(15(22)8-13)33-20(23)24/h2-9,20,26H,1H3,(H2,25,31)(H,27,30)(H2,28,29,32). The van der Waals surface area contributed by atoms with Crippen molar-refractivity contribution in [3.8, 4) is 16.9 Å². The van der Waals surface area contributed by atoms with Gasteiger partial charge in [-0.1, -0.05) is 23.7 Å². The minimum absolute atomic E-state index is 0.0900. The van der Waals surface area contributed by atoms with Crippen molar-refractivity contribution < 1.29 is 27.9 Å². The third-order valence-corrected chi connectivity index (χ3v) is 4.58. The van der Waals surface area contributed by atoms with Gasteiger partial charge in [0, 0.05) is 30.1 Å². The average molecular weight is 478 g/mol. The maximum absolute atomic E-state index is 12.3. The number of H-pyrrole nitrogens is 1. The van der Waals surface area contributed by atoms with Crippen LogP contribution in [0.1, 0.15) is 17.3 Å². The molecule has 0 fully saturated rings. The average Bonchev–Trinajstić information content (AvgIpc) is 3.13. The van der Waals surface area contributed by atoms with Crippen LogP contribution in [0.5, 0.6) is 5.75 Å². The van der Waals surface area contributed by atoms with Gasteiger partial charge in [-0.05, 0) is 35.9 Å². The number of carbonyl (C=O) groups excluding carboxylic acids is 3. The monoisotopic (exact) mass is 477 g/mol. The summed E-state index contributed by atoms with van der Waals surface area (Å²) < 4.78 is 28.8. The quantitative estimate of drug-likeness (QED) is 0.338. The molecule has 0 saturated carbocycles. The van der Waals surface area contributed by atoms with Crippen LogP contribution < -0.4 is 26.4 Å². The first kappa shape index (κ1) is 23.5. The summed E-state index contributed by atoms with van der Waals surface area (Å²) in [6.45, 7) is -1.72. The number of urea groups is 1. The van der Waals surface area contributed by atoms with E-state index in [4.69, 9.17) is 17.3 Å². The molecule has 0 atom stereocenters. The highest BCUT2D eigenvalue weighted by Crippen LogP contribution is 2.31. The zero-order chi connectivity index (χ0) is 24.1. The van der Waals surface area contributed by atoms with Crippen LogP contribution in [-0.2, 0) is 4.79 Å². The summed E-state index contributed by atoms with van der Waals surface area (Å²) in [5.74, 6) is -1.11. The van der Waals surface area contributed by atoms with E-state index < -0.39 is 18.5 Å². The molecule has 0 aliphatic rings. The second-order valence-corrected chi connectivity index (χ2v) is 7.09.